The van der Waals surface area contributed by atoms with Crippen molar-refractivity contribution in [2.75, 3.05) is 13.1 Å². The number of hydrogen-bond donors (Lipinski definition) is 1. The number of rotatable bonds is 8. The maximum Gasteiger partial charge on any atom is 0.138 e. The van der Waals surface area contributed by atoms with E-state index in [2.05, 4.69) is 19.2 Å². The van der Waals surface area contributed by atoms with Gasteiger partial charge < -0.3 is 10.1 Å². The summed E-state index contributed by atoms with van der Waals surface area (Å²) in [5, 5.41) is 4.09. The van der Waals surface area contributed by atoms with Crippen LogP contribution in [0, 0.1) is 6.92 Å². The minimum absolute atomic E-state index is 0.202. The summed E-state index contributed by atoms with van der Waals surface area (Å²) in [6, 6.07) is 5.91. The van der Waals surface area contributed by atoms with E-state index in [4.69, 9.17) is 16.3 Å². The summed E-state index contributed by atoms with van der Waals surface area (Å²) in [5.74, 6) is 0.788. The largest absolute Gasteiger partial charge is 0.489 e. The van der Waals surface area contributed by atoms with Crippen LogP contribution in [-0.4, -0.2) is 19.2 Å². The SMILES string of the molecule is CCCNCCCC(C)Oc1ccc(C)cc1Cl. The van der Waals surface area contributed by atoms with Crippen LogP contribution in [0.15, 0.2) is 18.2 Å². The molecule has 0 amide bonds. The van der Waals surface area contributed by atoms with E-state index in [1.54, 1.807) is 0 Å². The summed E-state index contributed by atoms with van der Waals surface area (Å²) in [4.78, 5) is 0. The van der Waals surface area contributed by atoms with Crippen molar-refractivity contribution in [3.8, 4) is 5.75 Å². The van der Waals surface area contributed by atoms with Crippen LogP contribution in [0.3, 0.4) is 0 Å². The molecule has 102 valence electrons. The maximum atomic E-state index is 6.14. The second kappa shape index (κ2) is 8.39. The molecule has 1 unspecified atom stereocenters. The molecule has 0 spiro atoms. The lowest BCUT2D eigenvalue weighted by Crippen LogP contribution is -2.19. The molecule has 0 saturated heterocycles. The highest BCUT2D eigenvalue weighted by atomic mass is 35.5. The molecule has 0 aliphatic carbocycles. The molecule has 0 saturated carbocycles. The monoisotopic (exact) mass is 269 g/mol. The fourth-order valence-corrected chi connectivity index (χ4v) is 2.07. The van der Waals surface area contributed by atoms with Gasteiger partial charge in [0, 0.05) is 0 Å². The fraction of sp³-hybridized carbons (Fsp3) is 0.600. The van der Waals surface area contributed by atoms with Gasteiger partial charge >= 0.3 is 0 Å². The highest BCUT2D eigenvalue weighted by Gasteiger charge is 2.07. The Morgan fingerprint density at radius 1 is 1.33 bits per heavy atom. The zero-order valence-corrected chi connectivity index (χ0v) is 12.4. The molecular weight excluding hydrogens is 246 g/mol. The minimum Gasteiger partial charge on any atom is -0.489 e. The van der Waals surface area contributed by atoms with Crippen molar-refractivity contribution in [3.05, 3.63) is 28.8 Å². The van der Waals surface area contributed by atoms with E-state index >= 15 is 0 Å². The Morgan fingerprint density at radius 2 is 2.11 bits per heavy atom. The predicted octanol–water partition coefficient (Wildman–Crippen LogP) is 4.20. The zero-order chi connectivity index (χ0) is 13.4. The number of ether oxygens (including phenoxy) is 1. The third kappa shape index (κ3) is 5.74. The molecule has 1 rings (SSSR count). The van der Waals surface area contributed by atoms with Gasteiger partial charge in [0.1, 0.15) is 5.75 Å². The fourth-order valence-electron chi connectivity index (χ4n) is 1.79. The number of aryl methyl sites for hydroxylation is 1. The molecule has 0 aliphatic rings. The molecule has 0 aromatic heterocycles. The number of hydrogen-bond acceptors (Lipinski definition) is 2. The quantitative estimate of drug-likeness (QED) is 0.715. The molecule has 0 radical (unpaired) electrons. The highest BCUT2D eigenvalue weighted by Crippen LogP contribution is 2.26. The summed E-state index contributed by atoms with van der Waals surface area (Å²) in [7, 11) is 0. The van der Waals surface area contributed by atoms with Crippen molar-refractivity contribution in [1.29, 1.82) is 0 Å². The van der Waals surface area contributed by atoms with Gasteiger partial charge in [0.15, 0.2) is 0 Å². The number of nitrogens with one attached hydrogen (secondary N) is 1. The van der Waals surface area contributed by atoms with Crippen molar-refractivity contribution >= 4 is 11.6 Å². The Hall–Kier alpha value is -0.730. The van der Waals surface area contributed by atoms with E-state index in [1.165, 1.54) is 6.42 Å². The van der Waals surface area contributed by atoms with Gasteiger partial charge in [0.25, 0.3) is 0 Å². The zero-order valence-electron chi connectivity index (χ0n) is 11.6. The van der Waals surface area contributed by atoms with Crippen molar-refractivity contribution in [2.45, 2.75) is 46.1 Å². The molecule has 1 aromatic carbocycles. The first-order chi connectivity index (χ1) is 8.63. The summed E-state index contributed by atoms with van der Waals surface area (Å²) in [6.45, 7) is 8.45. The van der Waals surface area contributed by atoms with Gasteiger partial charge in [-0.05, 0) is 63.9 Å². The van der Waals surface area contributed by atoms with E-state index in [-0.39, 0.29) is 6.10 Å². The van der Waals surface area contributed by atoms with Crippen LogP contribution in [0.25, 0.3) is 0 Å². The van der Waals surface area contributed by atoms with Gasteiger partial charge in [-0.15, -0.1) is 0 Å². The van der Waals surface area contributed by atoms with Crippen LogP contribution in [0.5, 0.6) is 5.75 Å². The van der Waals surface area contributed by atoms with Crippen LogP contribution in [0.4, 0.5) is 0 Å². The van der Waals surface area contributed by atoms with Crippen LogP contribution < -0.4 is 10.1 Å². The first-order valence-electron chi connectivity index (χ1n) is 6.77. The van der Waals surface area contributed by atoms with Gasteiger partial charge in [0.2, 0.25) is 0 Å². The summed E-state index contributed by atoms with van der Waals surface area (Å²) < 4.78 is 5.85. The van der Waals surface area contributed by atoms with Gasteiger partial charge in [-0.3, -0.25) is 0 Å². The first kappa shape index (κ1) is 15.3. The molecule has 18 heavy (non-hydrogen) atoms. The Morgan fingerprint density at radius 3 is 2.78 bits per heavy atom. The normalized spacial score (nSPS) is 12.4. The number of benzene rings is 1. The lowest BCUT2D eigenvalue weighted by atomic mass is 10.2. The third-order valence-electron chi connectivity index (χ3n) is 2.81. The van der Waals surface area contributed by atoms with E-state index < -0.39 is 0 Å². The molecule has 3 heteroatoms. The second-order valence-electron chi connectivity index (χ2n) is 4.75. The smallest absolute Gasteiger partial charge is 0.138 e. The van der Waals surface area contributed by atoms with Crippen LogP contribution in [-0.2, 0) is 0 Å². The topological polar surface area (TPSA) is 21.3 Å². The standard InChI is InChI=1S/C15H24ClNO/c1-4-9-17-10-5-6-13(3)18-15-8-7-12(2)11-14(15)16/h7-8,11,13,17H,4-6,9-10H2,1-3H3. The molecular formula is C15H24ClNO. The third-order valence-corrected chi connectivity index (χ3v) is 3.10. The molecule has 1 atom stereocenters. The second-order valence-corrected chi connectivity index (χ2v) is 5.16. The average molecular weight is 270 g/mol. The molecule has 2 nitrogen and oxygen atoms in total. The van der Waals surface area contributed by atoms with Crippen LogP contribution >= 0.6 is 11.6 Å². The van der Waals surface area contributed by atoms with Crippen molar-refractivity contribution in [2.24, 2.45) is 0 Å². The first-order valence-corrected chi connectivity index (χ1v) is 7.14. The summed E-state index contributed by atoms with van der Waals surface area (Å²) in [6.07, 6.45) is 3.56. The molecule has 0 aliphatic heterocycles. The van der Waals surface area contributed by atoms with Crippen LogP contribution in [0.1, 0.15) is 38.7 Å². The summed E-state index contributed by atoms with van der Waals surface area (Å²) >= 11 is 6.14. The van der Waals surface area contributed by atoms with Crippen molar-refractivity contribution in [3.63, 3.8) is 0 Å². The van der Waals surface area contributed by atoms with E-state index in [9.17, 15) is 0 Å². The Kier molecular flexibility index (Phi) is 7.14. The Labute approximate surface area is 116 Å². The Balaban J connectivity index is 2.28. The maximum absolute atomic E-state index is 6.14. The molecule has 0 bridgehead atoms. The van der Waals surface area contributed by atoms with E-state index in [0.29, 0.717) is 5.02 Å². The predicted molar refractivity (Wildman–Crippen MR) is 78.7 cm³/mol. The van der Waals surface area contributed by atoms with Gasteiger partial charge in [-0.1, -0.05) is 24.6 Å². The van der Waals surface area contributed by atoms with E-state index in [1.807, 2.05) is 25.1 Å². The molecule has 0 heterocycles. The van der Waals surface area contributed by atoms with Gasteiger partial charge in [0.05, 0.1) is 11.1 Å². The minimum atomic E-state index is 0.202. The molecule has 1 aromatic rings. The summed E-state index contributed by atoms with van der Waals surface area (Å²) in [5.41, 5.74) is 1.16. The van der Waals surface area contributed by atoms with E-state index in [0.717, 1.165) is 37.2 Å². The van der Waals surface area contributed by atoms with Crippen LogP contribution in [0.2, 0.25) is 5.02 Å². The Bertz CT molecular complexity index is 354. The van der Waals surface area contributed by atoms with Crippen molar-refractivity contribution < 1.29 is 4.74 Å². The number of halogens is 1. The molecule has 1 N–H and O–H groups in total. The van der Waals surface area contributed by atoms with Gasteiger partial charge in [-0.2, -0.15) is 0 Å². The molecule has 0 fully saturated rings. The highest BCUT2D eigenvalue weighted by molar-refractivity contribution is 6.32. The van der Waals surface area contributed by atoms with Crippen molar-refractivity contribution in [1.82, 2.24) is 5.32 Å². The lowest BCUT2D eigenvalue weighted by Gasteiger charge is -2.16. The average Bonchev–Trinajstić information content (AvgIpc) is 2.32. The van der Waals surface area contributed by atoms with Gasteiger partial charge in [-0.25, -0.2) is 0 Å². The lowest BCUT2D eigenvalue weighted by molar-refractivity contribution is 0.207.